The van der Waals surface area contributed by atoms with Crippen molar-refractivity contribution < 1.29 is 9.59 Å². The number of fused-ring (bicyclic) bond motifs is 8. The molecule has 4 aromatic carbocycles. The highest BCUT2D eigenvalue weighted by Gasteiger charge is 2.36. The van der Waals surface area contributed by atoms with Crippen LogP contribution in [0.5, 0.6) is 0 Å². The van der Waals surface area contributed by atoms with Crippen LogP contribution < -0.4 is 10.6 Å². The second-order valence-corrected chi connectivity index (χ2v) is 15.2. The van der Waals surface area contributed by atoms with Crippen molar-refractivity contribution in [1.82, 2.24) is 40.4 Å². The third-order valence-corrected chi connectivity index (χ3v) is 12.1. The number of piperidine rings is 6. The lowest BCUT2D eigenvalue weighted by Crippen LogP contribution is -2.57. The lowest BCUT2D eigenvalue weighted by molar-refractivity contribution is 0.0617. The number of aromatic amines is 2. The molecule has 2 aromatic heterocycles. The Morgan fingerprint density at radius 2 is 0.923 bits per heavy atom. The average Bonchev–Trinajstić information content (AvgIpc) is 3.83. The summed E-state index contributed by atoms with van der Waals surface area (Å²) in [5.74, 6) is 2.72. The van der Waals surface area contributed by atoms with Gasteiger partial charge in [-0.05, 0) is 123 Å². The van der Waals surface area contributed by atoms with Crippen LogP contribution in [0.2, 0.25) is 0 Å². The molecule has 8 heterocycles. The van der Waals surface area contributed by atoms with Crippen LogP contribution in [0, 0.1) is 11.8 Å². The van der Waals surface area contributed by atoms with Gasteiger partial charge in [-0.2, -0.15) is 0 Å². The second-order valence-electron chi connectivity index (χ2n) is 15.2. The first-order chi connectivity index (χ1) is 25.5. The molecule has 10 nitrogen and oxygen atoms in total. The number of benzene rings is 4. The SMILES string of the molecule is O=C(N[C@H]1CN2CCC1CC2)c1ccc(-c2nc3cc(-c4ccc5[nH]c(-c6ccc(C(=O)N[C@H]7CN8CCC7CC8)cc6)nc5c4)ccc3[nH]2)cc1. The van der Waals surface area contributed by atoms with E-state index >= 15 is 0 Å². The molecule has 0 radical (unpaired) electrons. The van der Waals surface area contributed by atoms with E-state index in [-0.39, 0.29) is 23.9 Å². The quantitative estimate of drug-likeness (QED) is 0.161. The van der Waals surface area contributed by atoms with E-state index in [2.05, 4.69) is 66.8 Å². The van der Waals surface area contributed by atoms with Crippen LogP contribution >= 0.6 is 0 Å². The zero-order valence-electron chi connectivity index (χ0n) is 29.1. The Labute approximate surface area is 302 Å². The van der Waals surface area contributed by atoms with Crippen molar-refractivity contribution in [2.75, 3.05) is 39.3 Å². The molecule has 6 aromatic rings. The van der Waals surface area contributed by atoms with E-state index in [9.17, 15) is 9.59 Å². The summed E-state index contributed by atoms with van der Waals surface area (Å²) in [6.07, 6.45) is 4.70. The van der Waals surface area contributed by atoms with Gasteiger partial charge in [0.1, 0.15) is 11.6 Å². The molecule has 0 unspecified atom stereocenters. The van der Waals surface area contributed by atoms with Crippen LogP contribution in [0.4, 0.5) is 0 Å². The zero-order chi connectivity index (χ0) is 34.8. The molecule has 10 heteroatoms. The number of carbonyl (C=O) groups excluding carboxylic acids is 2. The summed E-state index contributed by atoms with van der Waals surface area (Å²) in [4.78, 5) is 47.7. The Morgan fingerprint density at radius 1 is 0.538 bits per heavy atom. The zero-order valence-corrected chi connectivity index (χ0v) is 29.1. The molecule has 52 heavy (non-hydrogen) atoms. The number of carbonyl (C=O) groups is 2. The van der Waals surface area contributed by atoms with Gasteiger partial charge in [-0.15, -0.1) is 0 Å². The monoisotopic (exact) mass is 690 g/mol. The van der Waals surface area contributed by atoms with Gasteiger partial charge in [0.25, 0.3) is 11.8 Å². The first-order valence-corrected chi connectivity index (χ1v) is 18.8. The van der Waals surface area contributed by atoms with Crippen LogP contribution in [0.3, 0.4) is 0 Å². The number of amides is 2. The number of nitrogens with one attached hydrogen (secondary N) is 4. The molecule has 6 aliphatic rings. The number of nitrogens with zero attached hydrogens (tertiary/aromatic N) is 4. The van der Waals surface area contributed by atoms with Gasteiger partial charge in [0.05, 0.1) is 22.1 Å². The molecular formula is C42H42N8O2. The van der Waals surface area contributed by atoms with E-state index in [0.29, 0.717) is 23.0 Å². The Balaban J connectivity index is 0.823. The van der Waals surface area contributed by atoms with E-state index in [4.69, 9.17) is 9.97 Å². The molecule has 4 N–H and O–H groups in total. The predicted molar refractivity (Wildman–Crippen MR) is 203 cm³/mol. The molecule has 2 atom stereocenters. The summed E-state index contributed by atoms with van der Waals surface area (Å²) in [7, 11) is 0. The number of hydrogen-bond donors (Lipinski definition) is 4. The molecule has 0 aliphatic carbocycles. The number of aromatic nitrogens is 4. The van der Waals surface area contributed by atoms with Gasteiger partial charge in [0, 0.05) is 47.4 Å². The summed E-state index contributed by atoms with van der Waals surface area (Å²) in [5.41, 5.74) is 8.97. The number of rotatable bonds is 7. The predicted octanol–water partition coefficient (Wildman–Crippen LogP) is 6.09. The highest BCUT2D eigenvalue weighted by Crippen LogP contribution is 2.31. The molecule has 6 fully saturated rings. The van der Waals surface area contributed by atoms with Crippen molar-refractivity contribution in [2.24, 2.45) is 11.8 Å². The Hall–Kier alpha value is -5.32. The van der Waals surface area contributed by atoms with E-state index < -0.39 is 0 Å². The van der Waals surface area contributed by atoms with Crippen LogP contribution in [0.15, 0.2) is 84.9 Å². The highest BCUT2D eigenvalue weighted by molar-refractivity contribution is 5.96. The molecule has 0 saturated carbocycles. The van der Waals surface area contributed by atoms with E-state index in [0.717, 1.165) is 95.2 Å². The summed E-state index contributed by atoms with van der Waals surface area (Å²) in [6, 6.07) is 28.4. The fraction of sp³-hybridized carbons (Fsp3) is 0.333. The van der Waals surface area contributed by atoms with Gasteiger partial charge >= 0.3 is 0 Å². The minimum atomic E-state index is -0.00226. The third-order valence-electron chi connectivity index (χ3n) is 12.1. The molecular weight excluding hydrogens is 649 g/mol. The summed E-state index contributed by atoms with van der Waals surface area (Å²) >= 11 is 0. The first-order valence-electron chi connectivity index (χ1n) is 18.8. The largest absolute Gasteiger partial charge is 0.348 e. The first kappa shape index (κ1) is 31.4. The molecule has 262 valence electrons. The normalized spacial score (nSPS) is 25.1. The van der Waals surface area contributed by atoms with E-state index in [1.165, 1.54) is 25.7 Å². The molecule has 6 aliphatic heterocycles. The van der Waals surface area contributed by atoms with Crippen LogP contribution in [0.1, 0.15) is 46.4 Å². The highest BCUT2D eigenvalue weighted by atomic mass is 16.2. The fourth-order valence-electron chi connectivity index (χ4n) is 8.96. The standard InChI is InChI=1S/C42H42N8O2/c51-41(47-37-23-49-17-13-25(37)14-18-49)29-5-1-27(2-6-29)39-43-33-11-9-31(21-35(33)45-39)32-10-12-34-36(22-32)46-40(44-34)28-3-7-30(8-4-28)42(52)48-38-24-50-19-15-26(38)16-20-50/h1-12,21-22,25-26,37-38H,13-20,23-24H2,(H,43,45)(H,44,46)(H,47,51)(H,48,52)/t37-,38-/m0/s1. The molecule has 2 amide bonds. The maximum Gasteiger partial charge on any atom is 0.251 e. The number of imidazole rings is 2. The average molecular weight is 691 g/mol. The van der Waals surface area contributed by atoms with Crippen molar-refractivity contribution in [3.63, 3.8) is 0 Å². The van der Waals surface area contributed by atoms with Crippen molar-refractivity contribution >= 4 is 33.9 Å². The van der Waals surface area contributed by atoms with E-state index in [1.807, 2.05) is 48.5 Å². The molecule has 6 saturated heterocycles. The molecule has 12 rings (SSSR count). The van der Waals surface area contributed by atoms with Gasteiger partial charge in [-0.1, -0.05) is 36.4 Å². The Morgan fingerprint density at radius 3 is 1.29 bits per heavy atom. The number of hydrogen-bond acceptors (Lipinski definition) is 6. The van der Waals surface area contributed by atoms with Crippen molar-refractivity contribution in [2.45, 2.75) is 37.8 Å². The van der Waals surface area contributed by atoms with Gasteiger partial charge in [0.2, 0.25) is 0 Å². The van der Waals surface area contributed by atoms with Crippen LogP contribution in [-0.4, -0.2) is 92.9 Å². The summed E-state index contributed by atoms with van der Waals surface area (Å²) < 4.78 is 0. The third kappa shape index (κ3) is 5.85. The van der Waals surface area contributed by atoms with Gasteiger partial charge in [-0.3, -0.25) is 9.59 Å². The Kier molecular flexibility index (Phi) is 7.68. The smallest absolute Gasteiger partial charge is 0.251 e. The lowest BCUT2D eigenvalue weighted by Gasteiger charge is -2.44. The van der Waals surface area contributed by atoms with Crippen molar-refractivity contribution in [3.05, 3.63) is 96.1 Å². The van der Waals surface area contributed by atoms with Crippen molar-refractivity contribution in [3.8, 4) is 33.9 Å². The van der Waals surface area contributed by atoms with Crippen LogP contribution in [0.25, 0.3) is 56.0 Å². The van der Waals surface area contributed by atoms with E-state index in [1.54, 1.807) is 0 Å². The minimum Gasteiger partial charge on any atom is -0.348 e. The summed E-state index contributed by atoms with van der Waals surface area (Å²) in [5, 5.41) is 6.57. The van der Waals surface area contributed by atoms with Gasteiger partial charge in [0.15, 0.2) is 0 Å². The van der Waals surface area contributed by atoms with Gasteiger partial charge < -0.3 is 30.4 Å². The minimum absolute atomic E-state index is 0.00226. The second kappa shape index (κ2) is 12.7. The van der Waals surface area contributed by atoms with Crippen molar-refractivity contribution in [1.29, 1.82) is 0 Å². The lowest BCUT2D eigenvalue weighted by atomic mass is 9.84. The van der Waals surface area contributed by atoms with Gasteiger partial charge in [-0.25, -0.2) is 9.97 Å². The Bertz CT molecular complexity index is 2130. The van der Waals surface area contributed by atoms with Crippen LogP contribution in [-0.2, 0) is 0 Å². The maximum absolute atomic E-state index is 13.0. The fourth-order valence-corrected chi connectivity index (χ4v) is 8.96. The topological polar surface area (TPSA) is 122 Å². The molecule has 0 spiro atoms. The summed E-state index contributed by atoms with van der Waals surface area (Å²) in [6.45, 7) is 6.55. The maximum atomic E-state index is 13.0. The molecule has 4 bridgehead atoms. The number of H-pyrrole nitrogens is 2.